The van der Waals surface area contributed by atoms with E-state index in [1.807, 2.05) is 19.2 Å². The summed E-state index contributed by atoms with van der Waals surface area (Å²) in [4.78, 5) is 14.0. The van der Waals surface area contributed by atoms with Gasteiger partial charge in [0.05, 0.1) is 21.3 Å². The summed E-state index contributed by atoms with van der Waals surface area (Å²) in [5.74, 6) is 2.21. The van der Waals surface area contributed by atoms with Crippen LogP contribution in [0.25, 0.3) is 0 Å². The van der Waals surface area contributed by atoms with Crippen LogP contribution in [0, 0.1) is 5.92 Å². The predicted molar refractivity (Wildman–Crippen MR) is 79.9 cm³/mol. The molecule has 0 unspecified atom stereocenters. The van der Waals surface area contributed by atoms with Crippen molar-refractivity contribution in [1.82, 2.24) is 4.90 Å². The van der Waals surface area contributed by atoms with Crippen LogP contribution in [0.15, 0.2) is 12.1 Å². The molecule has 1 amide bonds. The van der Waals surface area contributed by atoms with Crippen molar-refractivity contribution >= 4 is 5.91 Å². The van der Waals surface area contributed by atoms with Crippen LogP contribution in [0.2, 0.25) is 0 Å². The molecule has 1 aliphatic carbocycles. The van der Waals surface area contributed by atoms with Gasteiger partial charge in [0, 0.05) is 19.5 Å². The maximum atomic E-state index is 12.2. The SMILES string of the molecule is COc1cc(CN(C)C(=O)C2CCC2)cc(OC)c1OC. The van der Waals surface area contributed by atoms with Crippen LogP contribution in [0.1, 0.15) is 24.8 Å². The molecular weight excluding hydrogens is 270 g/mol. The maximum Gasteiger partial charge on any atom is 0.225 e. The average Bonchev–Trinajstić information content (AvgIpc) is 2.44. The van der Waals surface area contributed by atoms with E-state index in [1.165, 1.54) is 0 Å². The zero-order valence-corrected chi connectivity index (χ0v) is 13.1. The van der Waals surface area contributed by atoms with E-state index in [0.717, 1.165) is 24.8 Å². The Hall–Kier alpha value is -1.91. The van der Waals surface area contributed by atoms with E-state index < -0.39 is 0 Å². The Morgan fingerprint density at radius 3 is 2.10 bits per heavy atom. The molecule has 1 aliphatic rings. The molecule has 5 heteroatoms. The molecule has 5 nitrogen and oxygen atoms in total. The van der Waals surface area contributed by atoms with Crippen molar-refractivity contribution in [3.63, 3.8) is 0 Å². The highest BCUT2D eigenvalue weighted by atomic mass is 16.5. The van der Waals surface area contributed by atoms with E-state index in [4.69, 9.17) is 14.2 Å². The number of nitrogens with zero attached hydrogens (tertiary/aromatic N) is 1. The number of methoxy groups -OCH3 is 3. The lowest BCUT2D eigenvalue weighted by Gasteiger charge is -2.29. The molecule has 0 aromatic heterocycles. The molecule has 0 spiro atoms. The van der Waals surface area contributed by atoms with E-state index in [1.54, 1.807) is 26.2 Å². The fraction of sp³-hybridized carbons (Fsp3) is 0.562. The first-order chi connectivity index (χ1) is 10.1. The minimum absolute atomic E-state index is 0.206. The van der Waals surface area contributed by atoms with E-state index in [9.17, 15) is 4.79 Å². The van der Waals surface area contributed by atoms with Crippen LogP contribution < -0.4 is 14.2 Å². The fourth-order valence-corrected chi connectivity index (χ4v) is 2.55. The van der Waals surface area contributed by atoms with Gasteiger partial charge < -0.3 is 19.1 Å². The molecule has 21 heavy (non-hydrogen) atoms. The van der Waals surface area contributed by atoms with Crippen molar-refractivity contribution < 1.29 is 19.0 Å². The van der Waals surface area contributed by atoms with Gasteiger partial charge in [0.15, 0.2) is 11.5 Å². The Morgan fingerprint density at radius 1 is 1.14 bits per heavy atom. The average molecular weight is 293 g/mol. The van der Waals surface area contributed by atoms with Gasteiger partial charge in [-0.2, -0.15) is 0 Å². The number of rotatable bonds is 6. The number of hydrogen-bond donors (Lipinski definition) is 0. The van der Waals surface area contributed by atoms with E-state index in [-0.39, 0.29) is 11.8 Å². The second-order valence-corrected chi connectivity index (χ2v) is 5.36. The van der Waals surface area contributed by atoms with Gasteiger partial charge in [0.2, 0.25) is 11.7 Å². The molecule has 0 heterocycles. The first-order valence-electron chi connectivity index (χ1n) is 7.14. The highest BCUT2D eigenvalue weighted by molar-refractivity contribution is 5.79. The van der Waals surface area contributed by atoms with Gasteiger partial charge >= 0.3 is 0 Å². The van der Waals surface area contributed by atoms with Crippen LogP contribution in [0.3, 0.4) is 0 Å². The number of carbonyl (C=O) groups is 1. The summed E-state index contributed by atoms with van der Waals surface area (Å²) < 4.78 is 16.0. The molecule has 0 bridgehead atoms. The van der Waals surface area contributed by atoms with Crippen LogP contribution in [-0.2, 0) is 11.3 Å². The second kappa shape index (κ2) is 6.70. The smallest absolute Gasteiger partial charge is 0.225 e. The Kier molecular flexibility index (Phi) is 4.94. The molecule has 0 N–H and O–H groups in total. The van der Waals surface area contributed by atoms with Gasteiger partial charge in [-0.1, -0.05) is 6.42 Å². The Labute approximate surface area is 125 Å². The third-order valence-electron chi connectivity index (χ3n) is 3.97. The quantitative estimate of drug-likeness (QED) is 0.808. The van der Waals surface area contributed by atoms with Crippen molar-refractivity contribution in [3.05, 3.63) is 17.7 Å². The molecule has 1 aromatic carbocycles. The van der Waals surface area contributed by atoms with Gasteiger partial charge in [-0.05, 0) is 30.5 Å². The van der Waals surface area contributed by atoms with Crippen molar-refractivity contribution in [3.8, 4) is 17.2 Å². The normalized spacial score (nSPS) is 14.3. The lowest BCUT2D eigenvalue weighted by molar-refractivity contribution is -0.137. The number of hydrogen-bond acceptors (Lipinski definition) is 4. The van der Waals surface area contributed by atoms with Gasteiger partial charge in [0.1, 0.15) is 0 Å². The standard InChI is InChI=1S/C16H23NO4/c1-17(16(18)12-6-5-7-12)10-11-8-13(19-2)15(21-4)14(9-11)20-3/h8-9,12H,5-7,10H2,1-4H3. The largest absolute Gasteiger partial charge is 0.493 e. The summed E-state index contributed by atoms with van der Waals surface area (Å²) in [6.07, 6.45) is 3.19. The van der Waals surface area contributed by atoms with Crippen molar-refractivity contribution in [2.75, 3.05) is 28.4 Å². The molecule has 116 valence electrons. The highest BCUT2D eigenvalue weighted by Crippen LogP contribution is 2.38. The monoisotopic (exact) mass is 293 g/mol. The molecule has 1 fully saturated rings. The third-order valence-corrected chi connectivity index (χ3v) is 3.97. The number of carbonyl (C=O) groups excluding carboxylic acids is 1. The molecular formula is C16H23NO4. The Morgan fingerprint density at radius 2 is 1.71 bits per heavy atom. The van der Waals surface area contributed by atoms with Crippen molar-refractivity contribution in [2.45, 2.75) is 25.8 Å². The predicted octanol–water partition coefficient (Wildman–Crippen LogP) is 2.47. The summed E-state index contributed by atoms with van der Waals surface area (Å²) >= 11 is 0. The number of ether oxygens (including phenoxy) is 3. The minimum Gasteiger partial charge on any atom is -0.493 e. The number of benzene rings is 1. The molecule has 0 saturated heterocycles. The minimum atomic E-state index is 0.206. The summed E-state index contributed by atoms with van der Waals surface area (Å²) in [5, 5.41) is 0. The fourth-order valence-electron chi connectivity index (χ4n) is 2.55. The summed E-state index contributed by atoms with van der Waals surface area (Å²) in [7, 11) is 6.59. The molecule has 1 saturated carbocycles. The molecule has 0 atom stereocenters. The zero-order valence-electron chi connectivity index (χ0n) is 13.1. The summed E-state index contributed by atoms with van der Waals surface area (Å²) in [5.41, 5.74) is 0.958. The Bertz CT molecular complexity index is 486. The van der Waals surface area contributed by atoms with Crippen molar-refractivity contribution in [1.29, 1.82) is 0 Å². The van der Waals surface area contributed by atoms with Crippen LogP contribution >= 0.6 is 0 Å². The second-order valence-electron chi connectivity index (χ2n) is 5.36. The highest BCUT2D eigenvalue weighted by Gasteiger charge is 2.28. The van der Waals surface area contributed by atoms with Crippen LogP contribution in [0.5, 0.6) is 17.2 Å². The van der Waals surface area contributed by atoms with E-state index in [0.29, 0.717) is 23.8 Å². The first-order valence-corrected chi connectivity index (χ1v) is 7.14. The first kappa shape index (κ1) is 15.5. The molecule has 0 radical (unpaired) electrons. The van der Waals surface area contributed by atoms with E-state index >= 15 is 0 Å². The van der Waals surface area contributed by atoms with Gasteiger partial charge in [-0.3, -0.25) is 4.79 Å². The molecule has 0 aliphatic heterocycles. The van der Waals surface area contributed by atoms with Gasteiger partial charge in [0.25, 0.3) is 0 Å². The maximum absolute atomic E-state index is 12.2. The topological polar surface area (TPSA) is 48.0 Å². The van der Waals surface area contributed by atoms with Crippen LogP contribution in [-0.4, -0.2) is 39.2 Å². The lowest BCUT2D eigenvalue weighted by atomic mass is 9.84. The van der Waals surface area contributed by atoms with Crippen molar-refractivity contribution in [2.24, 2.45) is 5.92 Å². The van der Waals surface area contributed by atoms with Gasteiger partial charge in [-0.15, -0.1) is 0 Å². The summed E-state index contributed by atoms with van der Waals surface area (Å²) in [6, 6.07) is 3.76. The number of amides is 1. The Balaban J connectivity index is 2.17. The van der Waals surface area contributed by atoms with Gasteiger partial charge in [-0.25, -0.2) is 0 Å². The molecule has 2 rings (SSSR count). The lowest BCUT2D eigenvalue weighted by Crippen LogP contribution is -2.35. The zero-order chi connectivity index (χ0) is 15.4. The summed E-state index contributed by atoms with van der Waals surface area (Å²) in [6.45, 7) is 0.534. The van der Waals surface area contributed by atoms with Crippen LogP contribution in [0.4, 0.5) is 0 Å². The van der Waals surface area contributed by atoms with E-state index in [2.05, 4.69) is 0 Å². The molecule has 1 aromatic rings. The third kappa shape index (κ3) is 3.23.